The Hall–Kier alpha value is -1.62. The number of nitrogens with one attached hydrogen (secondary N) is 1. The van der Waals surface area contributed by atoms with E-state index >= 15 is 0 Å². The van der Waals surface area contributed by atoms with E-state index in [4.69, 9.17) is 10.9 Å². The molecule has 0 aromatic carbocycles. The molecule has 0 fully saturated rings. The molecule has 5 heteroatoms. The van der Waals surface area contributed by atoms with Crippen LogP contribution >= 0.6 is 0 Å². The van der Waals surface area contributed by atoms with E-state index < -0.39 is 0 Å². The second-order valence-electron chi connectivity index (χ2n) is 5.29. The zero-order valence-corrected chi connectivity index (χ0v) is 11.8. The van der Waals surface area contributed by atoms with Crippen LogP contribution in [0.5, 0.6) is 0 Å². The van der Waals surface area contributed by atoms with Gasteiger partial charge in [0.2, 0.25) is 0 Å². The lowest BCUT2D eigenvalue weighted by Gasteiger charge is -2.22. The number of aromatic nitrogens is 1. The molecule has 0 spiro atoms. The average Bonchev–Trinajstić information content (AvgIpc) is 2.42. The van der Waals surface area contributed by atoms with Crippen molar-refractivity contribution in [1.29, 1.82) is 0 Å². The van der Waals surface area contributed by atoms with Crippen LogP contribution in [-0.2, 0) is 6.42 Å². The summed E-state index contributed by atoms with van der Waals surface area (Å²) in [6.07, 6.45) is 4.63. The molecule has 0 bridgehead atoms. The highest BCUT2D eigenvalue weighted by Gasteiger charge is 2.22. The molecule has 1 aromatic rings. The molecule has 0 unspecified atom stereocenters. The van der Waals surface area contributed by atoms with Gasteiger partial charge in [-0.05, 0) is 31.5 Å². The van der Waals surface area contributed by atoms with Crippen molar-refractivity contribution in [3.05, 3.63) is 30.1 Å². The predicted octanol–water partition coefficient (Wildman–Crippen LogP) is 1.77. The molecule has 1 aromatic heterocycles. The summed E-state index contributed by atoms with van der Waals surface area (Å²) < 4.78 is 0. The second kappa shape index (κ2) is 7.74. The maximum absolute atomic E-state index is 8.68. The Balaban J connectivity index is 2.12. The minimum Gasteiger partial charge on any atom is -0.409 e. The average molecular weight is 264 g/mol. The molecule has 0 aliphatic heterocycles. The summed E-state index contributed by atoms with van der Waals surface area (Å²) in [5.41, 5.74) is 6.49. The van der Waals surface area contributed by atoms with Gasteiger partial charge in [-0.25, -0.2) is 0 Å². The lowest BCUT2D eigenvalue weighted by molar-refractivity contribution is 0.304. The van der Waals surface area contributed by atoms with E-state index in [9.17, 15) is 0 Å². The molecule has 1 rings (SSSR count). The fourth-order valence-corrected chi connectivity index (χ4v) is 1.81. The fourth-order valence-electron chi connectivity index (χ4n) is 1.81. The first-order valence-electron chi connectivity index (χ1n) is 6.65. The molecule has 0 saturated heterocycles. The number of hydrogen-bond acceptors (Lipinski definition) is 4. The largest absolute Gasteiger partial charge is 0.409 e. The zero-order chi connectivity index (χ0) is 14.1. The number of rotatable bonds is 8. The molecule has 1 heterocycles. The third-order valence-corrected chi connectivity index (χ3v) is 3.24. The van der Waals surface area contributed by atoms with Crippen molar-refractivity contribution in [1.82, 2.24) is 10.3 Å². The van der Waals surface area contributed by atoms with Gasteiger partial charge >= 0.3 is 0 Å². The molecule has 0 amide bonds. The van der Waals surface area contributed by atoms with Gasteiger partial charge in [-0.15, -0.1) is 0 Å². The van der Waals surface area contributed by atoms with Gasteiger partial charge in [0, 0.05) is 30.3 Å². The maximum atomic E-state index is 8.68. The van der Waals surface area contributed by atoms with Crippen LogP contribution in [0.25, 0.3) is 0 Å². The van der Waals surface area contributed by atoms with Crippen molar-refractivity contribution < 1.29 is 5.21 Å². The molecule has 0 saturated carbocycles. The molecule has 0 aliphatic carbocycles. The molecule has 5 nitrogen and oxygen atoms in total. The summed E-state index contributed by atoms with van der Waals surface area (Å²) in [6, 6.07) is 5.96. The molecule has 0 radical (unpaired) electrons. The maximum Gasteiger partial charge on any atom is 0.144 e. The third-order valence-electron chi connectivity index (χ3n) is 3.24. The van der Waals surface area contributed by atoms with Crippen LogP contribution in [0.15, 0.2) is 29.6 Å². The Morgan fingerprint density at radius 1 is 1.42 bits per heavy atom. The van der Waals surface area contributed by atoms with E-state index in [-0.39, 0.29) is 5.41 Å². The lowest BCUT2D eigenvalue weighted by atomic mass is 9.86. The fraction of sp³-hybridized carbons (Fsp3) is 0.571. The smallest absolute Gasteiger partial charge is 0.144 e. The number of oxime groups is 1. The Kier molecular flexibility index (Phi) is 6.29. The number of hydrogen-bond donors (Lipinski definition) is 3. The summed E-state index contributed by atoms with van der Waals surface area (Å²) in [6.45, 7) is 5.81. The van der Waals surface area contributed by atoms with Crippen LogP contribution in [0.1, 0.15) is 32.4 Å². The van der Waals surface area contributed by atoms with Gasteiger partial charge in [0.05, 0.1) is 0 Å². The lowest BCUT2D eigenvalue weighted by Crippen LogP contribution is -2.32. The summed E-state index contributed by atoms with van der Waals surface area (Å²) in [7, 11) is 0. The van der Waals surface area contributed by atoms with E-state index in [1.165, 1.54) is 0 Å². The first-order chi connectivity index (χ1) is 9.06. The molecule has 19 heavy (non-hydrogen) atoms. The minimum absolute atomic E-state index is 0.253. The van der Waals surface area contributed by atoms with Gasteiger partial charge in [-0.3, -0.25) is 4.98 Å². The first kappa shape index (κ1) is 15.4. The molecular weight excluding hydrogens is 240 g/mol. The van der Waals surface area contributed by atoms with Crippen molar-refractivity contribution >= 4 is 5.84 Å². The topological polar surface area (TPSA) is 83.5 Å². The van der Waals surface area contributed by atoms with Crippen LogP contribution in [0.3, 0.4) is 0 Å². The van der Waals surface area contributed by atoms with E-state index in [2.05, 4.69) is 15.5 Å². The molecule has 106 valence electrons. The van der Waals surface area contributed by atoms with Crippen LogP contribution in [0.2, 0.25) is 0 Å². The molecule has 4 N–H and O–H groups in total. The second-order valence-corrected chi connectivity index (χ2v) is 5.29. The zero-order valence-electron chi connectivity index (χ0n) is 11.8. The van der Waals surface area contributed by atoms with E-state index in [0.29, 0.717) is 5.84 Å². The van der Waals surface area contributed by atoms with Crippen LogP contribution in [-0.4, -0.2) is 29.1 Å². The van der Waals surface area contributed by atoms with Gasteiger partial charge in [-0.1, -0.05) is 25.1 Å². The van der Waals surface area contributed by atoms with Gasteiger partial charge < -0.3 is 16.3 Å². The van der Waals surface area contributed by atoms with Crippen LogP contribution < -0.4 is 11.1 Å². The number of nitrogens with zero attached hydrogens (tertiary/aromatic N) is 2. The normalized spacial score (nSPS) is 12.6. The first-order valence-corrected chi connectivity index (χ1v) is 6.65. The van der Waals surface area contributed by atoms with Crippen molar-refractivity contribution in [3.63, 3.8) is 0 Å². The monoisotopic (exact) mass is 264 g/mol. The summed E-state index contributed by atoms with van der Waals surface area (Å²) in [5.74, 6) is 0.293. The van der Waals surface area contributed by atoms with E-state index in [1.54, 1.807) is 0 Å². The van der Waals surface area contributed by atoms with Crippen LogP contribution in [0.4, 0.5) is 0 Å². The molecule has 0 atom stereocenters. The Bertz CT molecular complexity index is 390. The van der Waals surface area contributed by atoms with Gasteiger partial charge in [-0.2, -0.15) is 0 Å². The van der Waals surface area contributed by atoms with Gasteiger partial charge in [0.15, 0.2) is 0 Å². The van der Waals surface area contributed by atoms with Crippen molar-refractivity contribution in [2.75, 3.05) is 13.1 Å². The van der Waals surface area contributed by atoms with Crippen LogP contribution in [0, 0.1) is 5.41 Å². The summed E-state index contributed by atoms with van der Waals surface area (Å²) in [5, 5.41) is 15.1. The SMILES string of the molecule is CC(C)(CCCNCCc1ccccn1)C(N)=NO. The van der Waals surface area contributed by atoms with Crippen molar-refractivity contribution in [3.8, 4) is 0 Å². The summed E-state index contributed by atoms with van der Waals surface area (Å²) in [4.78, 5) is 4.27. The number of amidine groups is 1. The predicted molar refractivity (Wildman–Crippen MR) is 77.2 cm³/mol. The van der Waals surface area contributed by atoms with Crippen molar-refractivity contribution in [2.24, 2.45) is 16.3 Å². The Morgan fingerprint density at radius 3 is 2.84 bits per heavy atom. The van der Waals surface area contributed by atoms with Gasteiger partial charge in [0.1, 0.15) is 5.84 Å². The van der Waals surface area contributed by atoms with E-state index in [1.807, 2.05) is 38.2 Å². The van der Waals surface area contributed by atoms with Gasteiger partial charge in [0.25, 0.3) is 0 Å². The summed E-state index contributed by atoms with van der Waals surface area (Å²) >= 11 is 0. The van der Waals surface area contributed by atoms with E-state index in [0.717, 1.165) is 38.0 Å². The quantitative estimate of drug-likeness (QED) is 0.220. The van der Waals surface area contributed by atoms with Crippen molar-refractivity contribution in [2.45, 2.75) is 33.1 Å². The number of nitrogens with two attached hydrogens (primary N) is 1. The molecular formula is C14H24N4O. The highest BCUT2D eigenvalue weighted by molar-refractivity contribution is 5.85. The molecule has 0 aliphatic rings. The standard InChI is InChI=1S/C14H24N4O/c1-14(2,13(15)18-19)8-5-9-16-11-7-12-6-3-4-10-17-12/h3-4,6,10,16,19H,5,7-9,11H2,1-2H3,(H2,15,18). The third kappa shape index (κ3) is 5.70. The highest BCUT2D eigenvalue weighted by Crippen LogP contribution is 2.21. The Labute approximate surface area is 114 Å². The highest BCUT2D eigenvalue weighted by atomic mass is 16.4. The Morgan fingerprint density at radius 2 is 2.21 bits per heavy atom. The minimum atomic E-state index is -0.253. The number of pyridine rings is 1.